The topological polar surface area (TPSA) is 60.1 Å². The van der Waals surface area contributed by atoms with Gasteiger partial charge in [0.05, 0.1) is 5.39 Å². The molecule has 2 aromatic heterocycles. The third kappa shape index (κ3) is 4.29. The van der Waals surface area contributed by atoms with Crippen molar-refractivity contribution in [3.63, 3.8) is 0 Å². The van der Waals surface area contributed by atoms with Crippen molar-refractivity contribution in [2.24, 2.45) is 20.0 Å². The van der Waals surface area contributed by atoms with Crippen LogP contribution in [0.1, 0.15) is 38.7 Å². The number of thioether (sulfide) groups is 1. The minimum Gasteiger partial charge on any atom is -0.303 e. The smallest absolute Gasteiger partial charge is 0.303 e. The number of aromatic nitrogens is 3. The summed E-state index contributed by atoms with van der Waals surface area (Å²) in [6.45, 7) is 7.72. The molecule has 6 nitrogen and oxygen atoms in total. The molecule has 0 radical (unpaired) electrons. The van der Waals surface area contributed by atoms with Crippen LogP contribution in [0.2, 0.25) is 0 Å². The summed E-state index contributed by atoms with van der Waals surface area (Å²) in [5, 5.41) is 0.585. The van der Waals surface area contributed by atoms with Crippen LogP contribution >= 0.6 is 11.8 Å². The molecule has 2 aromatic rings. The average Bonchev–Trinajstić information content (AvgIpc) is 2.66. The van der Waals surface area contributed by atoms with Crippen molar-refractivity contribution >= 4 is 22.8 Å². The Labute approximate surface area is 164 Å². The maximum absolute atomic E-state index is 12.9. The number of fused-ring (bicyclic) bond motifs is 1. The lowest BCUT2D eigenvalue weighted by Crippen LogP contribution is -2.37. The van der Waals surface area contributed by atoms with Gasteiger partial charge in [-0.1, -0.05) is 20.3 Å². The maximum Gasteiger partial charge on any atom is 0.332 e. The van der Waals surface area contributed by atoms with Crippen molar-refractivity contribution in [2.75, 3.05) is 25.4 Å². The van der Waals surface area contributed by atoms with Crippen LogP contribution in [0.4, 0.5) is 0 Å². The van der Waals surface area contributed by atoms with Gasteiger partial charge >= 0.3 is 5.69 Å². The van der Waals surface area contributed by atoms with E-state index in [2.05, 4.69) is 23.7 Å². The molecule has 0 atom stereocenters. The van der Waals surface area contributed by atoms with E-state index in [0.717, 1.165) is 29.2 Å². The van der Waals surface area contributed by atoms with E-state index < -0.39 is 0 Å². The molecule has 0 aromatic carbocycles. The number of aryl methyl sites for hydroxylation is 1. The van der Waals surface area contributed by atoms with Crippen LogP contribution in [0.3, 0.4) is 0 Å². The predicted molar refractivity (Wildman–Crippen MR) is 112 cm³/mol. The zero-order chi connectivity index (χ0) is 19.6. The van der Waals surface area contributed by atoms with Gasteiger partial charge in [-0.2, -0.15) is 0 Å². The molecule has 7 heteroatoms. The monoisotopic (exact) mass is 390 g/mol. The van der Waals surface area contributed by atoms with E-state index in [4.69, 9.17) is 0 Å². The minimum absolute atomic E-state index is 0.244. The van der Waals surface area contributed by atoms with Crippen LogP contribution in [0.25, 0.3) is 11.0 Å². The Morgan fingerprint density at radius 1 is 1.11 bits per heavy atom. The van der Waals surface area contributed by atoms with Gasteiger partial charge in [-0.15, -0.1) is 11.8 Å². The van der Waals surface area contributed by atoms with E-state index in [1.807, 2.05) is 6.20 Å². The van der Waals surface area contributed by atoms with E-state index in [1.54, 1.807) is 25.9 Å². The van der Waals surface area contributed by atoms with Crippen molar-refractivity contribution in [1.29, 1.82) is 0 Å². The van der Waals surface area contributed by atoms with E-state index in [1.165, 1.54) is 41.5 Å². The van der Waals surface area contributed by atoms with Crippen LogP contribution in [-0.2, 0) is 20.5 Å². The van der Waals surface area contributed by atoms with Gasteiger partial charge in [-0.05, 0) is 43.8 Å². The lowest BCUT2D eigenvalue weighted by molar-refractivity contribution is 0.242. The second-order valence-electron chi connectivity index (χ2n) is 7.87. The third-order valence-electron chi connectivity index (χ3n) is 5.23. The molecule has 0 amide bonds. The Morgan fingerprint density at radius 2 is 1.81 bits per heavy atom. The first kappa shape index (κ1) is 20.1. The van der Waals surface area contributed by atoms with Gasteiger partial charge in [-0.25, -0.2) is 9.78 Å². The Kier molecular flexibility index (Phi) is 6.42. The number of piperidine rings is 1. The van der Waals surface area contributed by atoms with Gasteiger partial charge in [0.2, 0.25) is 0 Å². The zero-order valence-corrected chi connectivity index (χ0v) is 17.6. The highest BCUT2D eigenvalue weighted by atomic mass is 32.2. The number of hydrogen-bond acceptors (Lipinski definition) is 5. The molecule has 1 saturated heterocycles. The van der Waals surface area contributed by atoms with Crippen LogP contribution in [0.15, 0.2) is 20.7 Å². The summed E-state index contributed by atoms with van der Waals surface area (Å²) in [6.07, 6.45) is 6.63. The predicted octanol–water partition coefficient (Wildman–Crippen LogP) is 2.41. The second-order valence-corrected chi connectivity index (χ2v) is 8.97. The standard InChI is InChI=1S/C20H30N4O2S/c1-14(2)12-15-13-21-18-16(19(25)23(4)20(26)22(18)3)17(15)27-11-10-24-8-6-5-7-9-24/h13-14H,5-12H2,1-4H3. The van der Waals surface area contributed by atoms with E-state index in [0.29, 0.717) is 17.0 Å². The molecule has 1 fully saturated rings. The first-order valence-corrected chi connectivity index (χ1v) is 10.8. The van der Waals surface area contributed by atoms with Crippen LogP contribution in [0.5, 0.6) is 0 Å². The molecular formula is C20H30N4O2S. The fraction of sp³-hybridized carbons (Fsp3) is 0.650. The Hall–Kier alpha value is -1.60. The molecule has 0 N–H and O–H groups in total. The van der Waals surface area contributed by atoms with Crippen molar-refractivity contribution in [1.82, 2.24) is 19.0 Å². The van der Waals surface area contributed by atoms with Crippen molar-refractivity contribution in [2.45, 2.75) is 44.4 Å². The van der Waals surface area contributed by atoms with Gasteiger partial charge in [0.1, 0.15) is 5.65 Å². The number of rotatable bonds is 6. The summed E-state index contributed by atoms with van der Waals surface area (Å²) in [5.41, 5.74) is 1.01. The maximum atomic E-state index is 12.9. The van der Waals surface area contributed by atoms with Crippen LogP contribution in [0, 0.1) is 5.92 Å². The zero-order valence-electron chi connectivity index (χ0n) is 16.8. The van der Waals surface area contributed by atoms with Crippen LogP contribution < -0.4 is 11.2 Å². The average molecular weight is 391 g/mol. The molecule has 1 aliphatic rings. The van der Waals surface area contributed by atoms with E-state index in [9.17, 15) is 9.59 Å². The quantitative estimate of drug-likeness (QED) is 0.709. The molecule has 0 aliphatic carbocycles. The summed E-state index contributed by atoms with van der Waals surface area (Å²) in [5.74, 6) is 1.41. The summed E-state index contributed by atoms with van der Waals surface area (Å²) in [7, 11) is 3.23. The number of nitrogens with zero attached hydrogens (tertiary/aromatic N) is 4. The summed E-state index contributed by atoms with van der Waals surface area (Å²) in [4.78, 5) is 33.2. The van der Waals surface area contributed by atoms with Gasteiger partial charge in [0, 0.05) is 37.5 Å². The molecule has 27 heavy (non-hydrogen) atoms. The van der Waals surface area contributed by atoms with Crippen LogP contribution in [-0.4, -0.2) is 44.4 Å². The van der Waals surface area contributed by atoms with E-state index >= 15 is 0 Å². The molecule has 0 spiro atoms. The Bertz CT molecular complexity index is 926. The fourth-order valence-corrected chi connectivity index (χ4v) is 4.95. The lowest BCUT2D eigenvalue weighted by Gasteiger charge is -2.26. The Morgan fingerprint density at radius 3 is 2.48 bits per heavy atom. The molecule has 1 aliphatic heterocycles. The summed E-state index contributed by atoms with van der Waals surface area (Å²) >= 11 is 1.74. The third-order valence-corrected chi connectivity index (χ3v) is 6.37. The van der Waals surface area contributed by atoms with E-state index in [-0.39, 0.29) is 11.2 Å². The fourth-order valence-electron chi connectivity index (χ4n) is 3.75. The van der Waals surface area contributed by atoms with Gasteiger partial charge in [-0.3, -0.25) is 13.9 Å². The van der Waals surface area contributed by atoms with Crippen molar-refractivity contribution in [3.05, 3.63) is 32.6 Å². The van der Waals surface area contributed by atoms with Crippen molar-refractivity contribution in [3.8, 4) is 0 Å². The molecule has 3 heterocycles. The molecule has 0 bridgehead atoms. The van der Waals surface area contributed by atoms with Gasteiger partial charge < -0.3 is 4.90 Å². The second kappa shape index (κ2) is 8.61. The Balaban J connectivity index is 2.00. The number of pyridine rings is 1. The number of hydrogen-bond donors (Lipinski definition) is 0. The molecule has 3 rings (SSSR count). The first-order chi connectivity index (χ1) is 12.9. The minimum atomic E-state index is -0.333. The largest absolute Gasteiger partial charge is 0.332 e. The summed E-state index contributed by atoms with van der Waals surface area (Å²) in [6, 6.07) is 0. The SMILES string of the molecule is CC(C)Cc1cnc2c(c1SCCN1CCCCC1)c(=O)n(C)c(=O)n2C. The van der Waals surface area contributed by atoms with Gasteiger partial charge in [0.25, 0.3) is 5.56 Å². The normalized spacial score (nSPS) is 15.7. The van der Waals surface area contributed by atoms with Gasteiger partial charge in [0.15, 0.2) is 0 Å². The highest BCUT2D eigenvalue weighted by Gasteiger charge is 2.19. The summed E-state index contributed by atoms with van der Waals surface area (Å²) < 4.78 is 2.67. The highest BCUT2D eigenvalue weighted by molar-refractivity contribution is 7.99. The highest BCUT2D eigenvalue weighted by Crippen LogP contribution is 2.30. The van der Waals surface area contributed by atoms with Crippen molar-refractivity contribution < 1.29 is 0 Å². The lowest BCUT2D eigenvalue weighted by atomic mass is 10.0. The molecule has 0 saturated carbocycles. The first-order valence-electron chi connectivity index (χ1n) is 9.83. The molecular weight excluding hydrogens is 360 g/mol. The number of likely N-dealkylation sites (tertiary alicyclic amines) is 1. The molecule has 148 valence electrons. The molecule has 0 unspecified atom stereocenters.